The van der Waals surface area contributed by atoms with E-state index in [1.54, 1.807) is 0 Å². The maximum atomic E-state index is 11.5. The summed E-state index contributed by atoms with van der Waals surface area (Å²) in [5.74, 6) is -0.669. The van der Waals surface area contributed by atoms with E-state index in [0.717, 1.165) is 0 Å². The van der Waals surface area contributed by atoms with Crippen LogP contribution in [0.2, 0.25) is 0 Å². The Bertz CT molecular complexity index is 662. The Morgan fingerprint density at radius 2 is 1.71 bits per heavy atom. The van der Waals surface area contributed by atoms with E-state index in [1.807, 2.05) is 26.3 Å². The number of hydrogen-bond acceptors (Lipinski definition) is 8. The van der Waals surface area contributed by atoms with E-state index < -0.39 is 11.5 Å². The van der Waals surface area contributed by atoms with Crippen molar-refractivity contribution in [2.24, 2.45) is 5.73 Å². The van der Waals surface area contributed by atoms with Crippen LogP contribution in [-0.4, -0.2) is 55.7 Å². The van der Waals surface area contributed by atoms with Crippen molar-refractivity contribution in [3.63, 3.8) is 0 Å². The molecule has 0 heterocycles. The van der Waals surface area contributed by atoms with Gasteiger partial charge in [0.25, 0.3) is 0 Å². The molecule has 4 N–H and O–H groups in total. The van der Waals surface area contributed by atoms with Gasteiger partial charge in [0.05, 0.1) is 32.8 Å². The van der Waals surface area contributed by atoms with Gasteiger partial charge in [-0.1, -0.05) is 0 Å². The molecule has 0 bridgehead atoms. The second-order valence-electron chi connectivity index (χ2n) is 6.72. The largest absolute Gasteiger partial charge is 0.489 e. The van der Waals surface area contributed by atoms with Crippen molar-refractivity contribution in [1.29, 1.82) is 0 Å². The monoisotopic (exact) mass is 462 g/mol. The molecule has 0 saturated carbocycles. The minimum atomic E-state index is -0.616. The lowest BCUT2D eigenvalue weighted by Crippen LogP contribution is -2.24. The van der Waals surface area contributed by atoms with E-state index in [9.17, 15) is 14.8 Å². The summed E-state index contributed by atoms with van der Waals surface area (Å²) in [4.78, 5) is 22.8. The third kappa shape index (κ3) is 9.36. The van der Waals surface area contributed by atoms with Gasteiger partial charge in [0.2, 0.25) is 5.91 Å². The Morgan fingerprint density at radius 3 is 2.29 bits per heavy atom. The van der Waals surface area contributed by atoms with E-state index in [2.05, 4.69) is 15.9 Å². The van der Waals surface area contributed by atoms with Crippen molar-refractivity contribution < 1.29 is 33.7 Å². The van der Waals surface area contributed by atoms with Crippen LogP contribution in [-0.2, 0) is 19.0 Å². The summed E-state index contributed by atoms with van der Waals surface area (Å²) in [6.07, 6.45) is 0.183. The zero-order chi connectivity index (χ0) is 21.2. The van der Waals surface area contributed by atoms with Crippen molar-refractivity contribution in [3.8, 4) is 5.75 Å². The molecule has 0 radical (unpaired) electrons. The number of primary amides is 1. The Morgan fingerprint density at radius 1 is 1.11 bits per heavy atom. The third-order valence-corrected chi connectivity index (χ3v) is 3.80. The van der Waals surface area contributed by atoms with E-state index >= 15 is 0 Å². The van der Waals surface area contributed by atoms with Crippen LogP contribution in [0.1, 0.15) is 37.6 Å². The summed E-state index contributed by atoms with van der Waals surface area (Å²) in [5, 5.41) is 9.20. The van der Waals surface area contributed by atoms with E-state index in [4.69, 9.17) is 24.7 Å². The molecule has 10 heteroatoms. The summed E-state index contributed by atoms with van der Waals surface area (Å²) in [6, 6.07) is 2.89. The van der Waals surface area contributed by atoms with Gasteiger partial charge in [-0.3, -0.25) is 20.3 Å². The molecule has 0 unspecified atom stereocenters. The fourth-order valence-electron chi connectivity index (χ4n) is 2.03. The number of hydrogen-bond donors (Lipinski definition) is 3. The number of halogens is 1. The molecule has 1 aromatic rings. The number of carbonyl (C=O) groups is 2. The summed E-state index contributed by atoms with van der Waals surface area (Å²) < 4.78 is 21.8. The zero-order valence-corrected chi connectivity index (χ0v) is 17.8. The molecule has 0 spiro atoms. The molecule has 158 valence electrons. The van der Waals surface area contributed by atoms with Gasteiger partial charge in [0.15, 0.2) is 0 Å². The Kier molecular flexibility index (Phi) is 10.2. The van der Waals surface area contributed by atoms with Crippen molar-refractivity contribution >= 4 is 33.5 Å². The molecular formula is C18H27BrN2O7. The minimum absolute atomic E-state index is 0.182. The van der Waals surface area contributed by atoms with Gasteiger partial charge in [-0.25, -0.2) is 0 Å². The average Bonchev–Trinajstić information content (AvgIpc) is 2.58. The first-order chi connectivity index (χ1) is 13.1. The minimum Gasteiger partial charge on any atom is -0.489 e. The Hall–Kier alpha value is -1.88. The zero-order valence-electron chi connectivity index (χ0n) is 16.2. The first-order valence-electron chi connectivity index (χ1n) is 8.67. The molecule has 0 saturated heterocycles. The van der Waals surface area contributed by atoms with Gasteiger partial charge in [-0.2, -0.15) is 0 Å². The summed E-state index contributed by atoms with van der Waals surface area (Å²) in [5.41, 5.74) is 7.27. The van der Waals surface area contributed by atoms with E-state index in [1.165, 1.54) is 12.1 Å². The van der Waals surface area contributed by atoms with Crippen LogP contribution in [0.3, 0.4) is 0 Å². The standard InChI is InChI=1S/C18H27BrN2O7/c1-18(2,3)28-15(22)4-5-25-6-7-26-8-9-27-14-11-12(17(20)23)10-13(19)16(14)21-24/h10-11,21,24H,4-9H2,1-3H3,(H2,20,23). The lowest BCUT2D eigenvalue weighted by atomic mass is 10.2. The van der Waals surface area contributed by atoms with Gasteiger partial charge in [0.1, 0.15) is 23.6 Å². The van der Waals surface area contributed by atoms with Gasteiger partial charge >= 0.3 is 5.97 Å². The molecule has 0 aliphatic heterocycles. The topological polar surface area (TPSA) is 129 Å². The van der Waals surface area contributed by atoms with Crippen LogP contribution < -0.4 is 16.0 Å². The number of ether oxygens (including phenoxy) is 4. The quantitative estimate of drug-likeness (QED) is 0.245. The fraction of sp³-hybridized carbons (Fsp3) is 0.556. The second kappa shape index (κ2) is 11.8. The van der Waals surface area contributed by atoms with Crippen LogP contribution >= 0.6 is 15.9 Å². The average molecular weight is 463 g/mol. The van der Waals surface area contributed by atoms with Gasteiger partial charge in [0, 0.05) is 10.0 Å². The highest BCUT2D eigenvalue weighted by Crippen LogP contribution is 2.33. The SMILES string of the molecule is CC(C)(C)OC(=O)CCOCCOCCOc1cc(C(N)=O)cc(Br)c1NO. The van der Waals surface area contributed by atoms with Crippen molar-refractivity contribution in [2.45, 2.75) is 32.8 Å². The summed E-state index contributed by atoms with van der Waals surface area (Å²) in [6.45, 7) is 6.79. The van der Waals surface area contributed by atoms with Crippen LogP contribution in [0, 0.1) is 0 Å². The fourth-order valence-corrected chi connectivity index (χ4v) is 2.56. The molecule has 28 heavy (non-hydrogen) atoms. The van der Waals surface area contributed by atoms with E-state index in [-0.39, 0.29) is 49.2 Å². The maximum absolute atomic E-state index is 11.5. The first-order valence-corrected chi connectivity index (χ1v) is 9.47. The smallest absolute Gasteiger partial charge is 0.308 e. The highest BCUT2D eigenvalue weighted by atomic mass is 79.9. The summed E-state index contributed by atoms with van der Waals surface area (Å²) in [7, 11) is 0. The number of nitrogens with two attached hydrogens (primary N) is 1. The van der Waals surface area contributed by atoms with Gasteiger partial charge < -0.3 is 24.7 Å². The van der Waals surface area contributed by atoms with Gasteiger partial charge in [-0.05, 0) is 48.8 Å². The van der Waals surface area contributed by atoms with Crippen molar-refractivity contribution in [2.75, 3.05) is 38.5 Å². The Balaban J connectivity index is 2.23. The number of anilines is 1. The molecule has 0 aliphatic carbocycles. The van der Waals surface area contributed by atoms with Crippen molar-refractivity contribution in [1.82, 2.24) is 0 Å². The lowest BCUT2D eigenvalue weighted by Gasteiger charge is -2.19. The number of rotatable bonds is 12. The molecule has 1 rings (SSSR count). The normalized spacial score (nSPS) is 11.2. The number of amides is 1. The lowest BCUT2D eigenvalue weighted by molar-refractivity contribution is -0.156. The van der Waals surface area contributed by atoms with Crippen LogP contribution in [0.4, 0.5) is 5.69 Å². The number of nitrogens with one attached hydrogen (secondary N) is 1. The van der Waals surface area contributed by atoms with Gasteiger partial charge in [-0.15, -0.1) is 0 Å². The highest BCUT2D eigenvalue weighted by molar-refractivity contribution is 9.10. The van der Waals surface area contributed by atoms with Crippen LogP contribution in [0.15, 0.2) is 16.6 Å². The van der Waals surface area contributed by atoms with E-state index in [0.29, 0.717) is 17.7 Å². The number of carbonyl (C=O) groups excluding carboxylic acids is 2. The molecule has 0 aromatic heterocycles. The molecule has 0 atom stereocenters. The first kappa shape index (κ1) is 24.2. The summed E-state index contributed by atoms with van der Waals surface area (Å²) >= 11 is 3.22. The third-order valence-electron chi connectivity index (χ3n) is 3.18. The molecule has 9 nitrogen and oxygen atoms in total. The molecule has 0 aliphatic rings. The number of esters is 1. The maximum Gasteiger partial charge on any atom is 0.308 e. The highest BCUT2D eigenvalue weighted by Gasteiger charge is 2.16. The second-order valence-corrected chi connectivity index (χ2v) is 7.57. The predicted octanol–water partition coefficient (Wildman–Crippen LogP) is 2.49. The Labute approximate surface area is 172 Å². The predicted molar refractivity (Wildman–Crippen MR) is 106 cm³/mol. The van der Waals surface area contributed by atoms with Crippen LogP contribution in [0.5, 0.6) is 5.75 Å². The van der Waals surface area contributed by atoms with Crippen LogP contribution in [0.25, 0.3) is 0 Å². The molecule has 0 fully saturated rings. The molecular weight excluding hydrogens is 436 g/mol. The molecule has 1 amide bonds. The van der Waals surface area contributed by atoms with Crippen molar-refractivity contribution in [3.05, 3.63) is 22.2 Å². The number of benzene rings is 1. The molecule has 1 aromatic carbocycles.